The van der Waals surface area contributed by atoms with E-state index >= 15 is 0 Å². The second-order valence-electron chi connectivity index (χ2n) is 20.2. The van der Waals surface area contributed by atoms with Gasteiger partial charge in [0.15, 0.2) is 25.2 Å². The molecule has 0 aliphatic carbocycles. The summed E-state index contributed by atoms with van der Waals surface area (Å²) in [6.45, 7) is -4.92. The van der Waals surface area contributed by atoms with Gasteiger partial charge in [-0.3, -0.25) is 14.4 Å². The zero-order valence-electron chi connectivity index (χ0n) is 44.1. The average molecular weight is 1200 g/mol. The van der Waals surface area contributed by atoms with E-state index in [1.807, 2.05) is 0 Å². The molecule has 476 valence electrons. The third-order valence-corrected chi connectivity index (χ3v) is 14.3. The van der Waals surface area contributed by atoms with Gasteiger partial charge in [-0.2, -0.15) is 0 Å². The van der Waals surface area contributed by atoms with Crippen molar-refractivity contribution >= 4 is 23.7 Å². The molecule has 0 radical (unpaired) electrons. The van der Waals surface area contributed by atoms with Crippen LogP contribution in [0.25, 0.3) is 0 Å². The van der Waals surface area contributed by atoms with Crippen molar-refractivity contribution in [1.82, 2.24) is 16.0 Å². The van der Waals surface area contributed by atoms with Crippen LogP contribution in [0.4, 0.5) is 0 Å². The van der Waals surface area contributed by atoms with Gasteiger partial charge in [0.1, 0.15) is 134 Å². The highest BCUT2D eigenvalue weighted by Crippen LogP contribution is 2.37. The highest BCUT2D eigenvalue weighted by atomic mass is 16.8. The first-order valence-electron chi connectivity index (χ1n) is 25.7. The van der Waals surface area contributed by atoms with Crippen molar-refractivity contribution in [3.8, 4) is 0 Å². The molecule has 37 nitrogen and oxygen atoms in total. The Hall–Kier alpha value is -3.28. The zero-order chi connectivity index (χ0) is 61.4. The van der Waals surface area contributed by atoms with Crippen LogP contribution in [0.5, 0.6) is 0 Å². The summed E-state index contributed by atoms with van der Waals surface area (Å²) in [4.78, 5) is 49.7. The van der Waals surface area contributed by atoms with Gasteiger partial charge in [0.25, 0.3) is 5.79 Å². The molecule has 30 atom stereocenters. The quantitative estimate of drug-likeness (QED) is 0.0382. The number of carbonyl (C=O) groups is 4. The number of hydrogen-bond acceptors (Lipinski definition) is 33. The summed E-state index contributed by atoms with van der Waals surface area (Å²) in [5, 5.41) is 222. The molecular formula is C45H77N3O34. The van der Waals surface area contributed by atoms with Crippen molar-refractivity contribution in [2.45, 2.75) is 211 Å². The van der Waals surface area contributed by atoms with E-state index in [4.69, 9.17) is 47.4 Å². The number of ether oxygens (including phenoxy) is 10. The Labute approximate surface area is 464 Å². The van der Waals surface area contributed by atoms with Gasteiger partial charge in [0, 0.05) is 27.2 Å². The maximum Gasteiger partial charge on any atom is 0.364 e. The van der Waals surface area contributed by atoms with Crippen LogP contribution in [0, 0.1) is 0 Å². The molecule has 5 fully saturated rings. The van der Waals surface area contributed by atoms with Crippen LogP contribution < -0.4 is 16.0 Å². The maximum atomic E-state index is 12.8. The Kier molecular flexibility index (Phi) is 25.7. The Balaban J connectivity index is 1.41. The largest absolute Gasteiger partial charge is 0.477 e. The number of hydrogen-bond donors (Lipinski definition) is 23. The van der Waals surface area contributed by atoms with Crippen LogP contribution >= 0.6 is 0 Å². The molecule has 0 bridgehead atoms. The van der Waals surface area contributed by atoms with Crippen molar-refractivity contribution < 1.29 is 169 Å². The second-order valence-corrected chi connectivity index (χ2v) is 20.2. The first-order valence-corrected chi connectivity index (χ1v) is 25.7. The molecule has 0 saturated carbocycles. The second kappa shape index (κ2) is 30.4. The molecule has 5 aliphatic heterocycles. The molecular weight excluding hydrogens is 1130 g/mol. The summed E-state index contributed by atoms with van der Waals surface area (Å²) < 4.78 is 56.6. The van der Waals surface area contributed by atoms with Crippen LogP contribution in [-0.4, -0.2) is 355 Å². The van der Waals surface area contributed by atoms with E-state index in [2.05, 4.69) is 16.0 Å². The topological polar surface area (TPSA) is 601 Å². The fourth-order valence-electron chi connectivity index (χ4n) is 9.91. The molecule has 82 heavy (non-hydrogen) atoms. The Morgan fingerprint density at radius 2 is 0.988 bits per heavy atom. The van der Waals surface area contributed by atoms with E-state index < -0.39 is 260 Å². The summed E-state index contributed by atoms with van der Waals surface area (Å²) in [6, 6.07) is -5.24. The van der Waals surface area contributed by atoms with Crippen molar-refractivity contribution in [3.05, 3.63) is 0 Å². The fraction of sp³-hybridized carbons (Fsp3) is 0.911. The Bertz CT molecular complexity index is 2040. The first kappa shape index (κ1) is 69.5. The molecule has 0 aromatic heterocycles. The molecule has 5 heterocycles. The molecule has 0 aromatic carbocycles. The number of rotatable bonds is 26. The van der Waals surface area contributed by atoms with Gasteiger partial charge in [0.2, 0.25) is 17.7 Å². The minimum absolute atomic E-state index is 0.819. The predicted octanol–water partition coefficient (Wildman–Crippen LogP) is -14.8. The van der Waals surface area contributed by atoms with Crippen molar-refractivity contribution in [1.29, 1.82) is 0 Å². The van der Waals surface area contributed by atoms with Gasteiger partial charge in [-0.15, -0.1) is 0 Å². The lowest BCUT2D eigenvalue weighted by atomic mass is 9.88. The lowest BCUT2D eigenvalue weighted by Crippen LogP contribution is -2.70. The normalized spacial score (nSPS) is 42.2. The number of aliphatic carboxylic acids is 1. The monoisotopic (exact) mass is 1200 g/mol. The number of amides is 3. The molecule has 23 N–H and O–H groups in total. The van der Waals surface area contributed by atoms with E-state index in [0.717, 1.165) is 20.8 Å². The van der Waals surface area contributed by atoms with E-state index in [-0.39, 0.29) is 0 Å². The molecule has 5 aliphatic rings. The van der Waals surface area contributed by atoms with Gasteiger partial charge >= 0.3 is 5.97 Å². The molecule has 0 spiro atoms. The van der Waals surface area contributed by atoms with E-state index in [9.17, 15) is 121 Å². The lowest BCUT2D eigenvalue weighted by molar-refractivity contribution is -0.384. The van der Waals surface area contributed by atoms with Crippen molar-refractivity contribution in [2.75, 3.05) is 46.2 Å². The summed E-state index contributed by atoms with van der Waals surface area (Å²) in [5.41, 5.74) is 0. The fourth-order valence-corrected chi connectivity index (χ4v) is 9.91. The first-order chi connectivity index (χ1) is 38.5. The maximum absolute atomic E-state index is 12.8. The molecule has 0 aromatic rings. The third kappa shape index (κ3) is 15.8. The third-order valence-electron chi connectivity index (χ3n) is 14.3. The number of aliphatic hydroxyl groups is 19. The highest BCUT2D eigenvalue weighted by Gasteiger charge is 2.59. The van der Waals surface area contributed by atoms with Gasteiger partial charge in [-0.25, -0.2) is 4.79 Å². The molecule has 5 rings (SSSR count). The number of carboxylic acids is 1. The lowest BCUT2D eigenvalue weighted by Gasteiger charge is -2.50. The van der Waals surface area contributed by atoms with E-state index in [0.29, 0.717) is 0 Å². The number of carbonyl (C=O) groups excluding carboxylic acids is 3. The van der Waals surface area contributed by atoms with Gasteiger partial charge in [-0.1, -0.05) is 0 Å². The van der Waals surface area contributed by atoms with Gasteiger partial charge in [-0.05, 0) is 0 Å². The van der Waals surface area contributed by atoms with Crippen molar-refractivity contribution in [3.63, 3.8) is 0 Å². The minimum Gasteiger partial charge on any atom is -0.477 e. The van der Waals surface area contributed by atoms with Crippen LogP contribution in [0.3, 0.4) is 0 Å². The van der Waals surface area contributed by atoms with E-state index in [1.165, 1.54) is 0 Å². The van der Waals surface area contributed by atoms with Gasteiger partial charge < -0.3 is 165 Å². The molecule has 37 heteroatoms. The molecule has 3 amide bonds. The van der Waals surface area contributed by atoms with Crippen molar-refractivity contribution in [2.24, 2.45) is 0 Å². The standard InChI is InChI=1S/C45H77N3O34/c1-12(55)46-15(5-49)35(26(62)18(60)11-73-45(44(71)72)4-16(58)23(47-13(2)56)37(82-45)25(61)17(59)6-50)78-42-34(70)39(30(66)22(10-54)76-42)81-43-33(69)38(29(65)21(9-53)77-43)80-40-24(48-14(3)57)36(28(64)20(8-52)74-40)79-41-32(68)31(67)27(63)19(7-51)75-41/h15-43,49-54,58-70H,4-11H2,1-3H3,(H,46,55)(H,47,56)(H,48,57)(H,71,72)/t15-,16-,17+,18+,19+,20+,21+,22+,23+,24+,25+,26-,27-,28-,29-,30-,31-,32+,33+,34+,35+,36+,37+,38-,39-,40+,41+,42-,43-,45+/m0/s1. The summed E-state index contributed by atoms with van der Waals surface area (Å²) in [6.07, 6.45) is -55.1. The number of carboxylic acid groups (broad SMARTS) is 1. The van der Waals surface area contributed by atoms with Crippen LogP contribution in [0.1, 0.15) is 27.2 Å². The van der Waals surface area contributed by atoms with Crippen LogP contribution in [0.15, 0.2) is 0 Å². The van der Waals surface area contributed by atoms with Crippen LogP contribution in [0.2, 0.25) is 0 Å². The predicted molar refractivity (Wildman–Crippen MR) is 253 cm³/mol. The Morgan fingerprint density at radius 1 is 0.537 bits per heavy atom. The smallest absolute Gasteiger partial charge is 0.364 e. The molecule has 0 unspecified atom stereocenters. The zero-order valence-corrected chi connectivity index (χ0v) is 44.1. The highest BCUT2D eigenvalue weighted by molar-refractivity contribution is 5.77. The molecule has 5 saturated heterocycles. The van der Waals surface area contributed by atoms with Crippen LogP contribution in [-0.2, 0) is 66.5 Å². The SMILES string of the molecule is CC(=O)N[C@H]1[C@@H](O[C@H]2[C@@H](O)[C@@H](CO)O[C@@H](O[C@H]3[C@@H](O)[C@@H](CO)O[C@@H](O[C@@H]([C@@H](O)[C@H](O)CO[C@]4(C(=O)O)C[C@H](O)[C@@H](NC(C)=O)[C@H]([C@H](O)[C@H](O)CO)O4)[C@H](CO)NC(C)=O)[C@@H]3O)[C@@H]2O)O[C@H](CO)[C@H](O)[C@@H]1O[C@H]1O[C@H](CO)[C@H](O)[C@H](O)[C@H]1O. The van der Waals surface area contributed by atoms with E-state index in [1.54, 1.807) is 0 Å². The summed E-state index contributed by atoms with van der Waals surface area (Å²) >= 11 is 0. The number of aliphatic hydroxyl groups excluding tert-OH is 19. The average Bonchev–Trinajstić information content (AvgIpc) is 3.58. The minimum atomic E-state index is -3.08. The number of nitrogens with one attached hydrogen (secondary N) is 3. The van der Waals surface area contributed by atoms with Gasteiger partial charge in [0.05, 0.1) is 64.4 Å². The Morgan fingerprint density at radius 3 is 1.48 bits per heavy atom. The summed E-state index contributed by atoms with van der Waals surface area (Å²) in [7, 11) is 0. The summed E-state index contributed by atoms with van der Waals surface area (Å²) in [5.74, 6) is -7.73.